The highest BCUT2D eigenvalue weighted by Crippen LogP contribution is 2.38. The summed E-state index contributed by atoms with van der Waals surface area (Å²) in [5, 5.41) is 23.8. The van der Waals surface area contributed by atoms with Gasteiger partial charge in [0.1, 0.15) is 18.0 Å². The number of carbonyl (C=O) groups is 1. The number of aromatic nitrogens is 3. The van der Waals surface area contributed by atoms with Gasteiger partial charge in [0, 0.05) is 21.9 Å². The summed E-state index contributed by atoms with van der Waals surface area (Å²) < 4.78 is 20.7. The first-order chi connectivity index (χ1) is 14.5. The maximum Gasteiger partial charge on any atom is 0.316 e. The minimum absolute atomic E-state index is 0.0152. The lowest BCUT2D eigenvalue weighted by molar-refractivity contribution is -0.120. The molecule has 3 heterocycles. The highest BCUT2D eigenvalue weighted by atomic mass is 79.9. The maximum absolute atomic E-state index is 14.0. The molecule has 152 valence electrons. The lowest BCUT2D eigenvalue weighted by atomic mass is 10.1. The Morgan fingerprint density at radius 1 is 1.20 bits per heavy atom. The second kappa shape index (κ2) is 7.22. The average Bonchev–Trinajstić information content (AvgIpc) is 3.42. The summed E-state index contributed by atoms with van der Waals surface area (Å²) in [4.78, 5) is 15.1. The van der Waals surface area contributed by atoms with Crippen molar-refractivity contribution in [1.29, 1.82) is 0 Å². The summed E-state index contributed by atoms with van der Waals surface area (Å²) in [7, 11) is 0. The van der Waals surface area contributed by atoms with E-state index in [-0.39, 0.29) is 24.4 Å². The van der Waals surface area contributed by atoms with E-state index in [9.17, 15) is 14.3 Å². The van der Waals surface area contributed by atoms with Crippen molar-refractivity contribution in [2.24, 2.45) is 0 Å². The number of aromatic amines is 1. The Balaban J connectivity index is 1.60. The minimum Gasteiger partial charge on any atom is -0.403 e. The van der Waals surface area contributed by atoms with Gasteiger partial charge in [-0.3, -0.25) is 4.79 Å². The molecule has 1 amide bonds. The largest absolute Gasteiger partial charge is 0.403 e. The Kier molecular flexibility index (Phi) is 4.52. The molecular weight excluding hydrogens is 457 g/mol. The fraction of sp³-hybridized carbons (Fsp3) is 0.150. The third-order valence-electron chi connectivity index (χ3n) is 4.96. The van der Waals surface area contributed by atoms with Crippen LogP contribution in [0.25, 0.3) is 33.6 Å². The van der Waals surface area contributed by atoms with Gasteiger partial charge in [-0.25, -0.2) is 4.39 Å². The number of H-pyrrole nitrogens is 1. The number of nitrogens with zero attached hydrogens (tertiary/aromatic N) is 2. The molecule has 4 aromatic rings. The fourth-order valence-electron chi connectivity index (χ4n) is 3.50. The van der Waals surface area contributed by atoms with Crippen LogP contribution < -0.4 is 10.6 Å². The van der Waals surface area contributed by atoms with Crippen LogP contribution in [-0.2, 0) is 4.79 Å². The molecule has 1 aliphatic rings. The third-order valence-corrected chi connectivity index (χ3v) is 5.49. The van der Waals surface area contributed by atoms with Crippen molar-refractivity contribution in [3.05, 3.63) is 52.8 Å². The molecule has 0 aliphatic carbocycles. The zero-order valence-corrected chi connectivity index (χ0v) is 16.9. The van der Waals surface area contributed by atoms with Gasteiger partial charge in [-0.15, -0.1) is 5.10 Å². The van der Waals surface area contributed by atoms with Gasteiger partial charge in [-0.05, 0) is 35.9 Å². The summed E-state index contributed by atoms with van der Waals surface area (Å²) >= 11 is 3.42. The van der Waals surface area contributed by atoms with Crippen molar-refractivity contribution in [3.8, 4) is 22.7 Å². The normalized spacial score (nSPS) is 18.7. The van der Waals surface area contributed by atoms with Gasteiger partial charge < -0.3 is 25.1 Å². The van der Waals surface area contributed by atoms with E-state index in [1.165, 1.54) is 12.1 Å². The Labute approximate surface area is 177 Å². The van der Waals surface area contributed by atoms with Crippen LogP contribution in [0, 0.1) is 5.82 Å². The molecule has 0 unspecified atom stereocenters. The number of fused-ring (bicyclic) bond motifs is 1. The molecule has 2 atom stereocenters. The van der Waals surface area contributed by atoms with Crippen LogP contribution in [0.2, 0.25) is 0 Å². The molecule has 0 bridgehead atoms. The molecule has 0 saturated carbocycles. The first kappa shape index (κ1) is 18.8. The van der Waals surface area contributed by atoms with Crippen LogP contribution in [-0.4, -0.2) is 44.9 Å². The van der Waals surface area contributed by atoms with Crippen LogP contribution in [0.1, 0.15) is 0 Å². The Morgan fingerprint density at radius 2 is 2.00 bits per heavy atom. The van der Waals surface area contributed by atoms with Gasteiger partial charge in [0.15, 0.2) is 0 Å². The molecule has 1 fully saturated rings. The predicted octanol–water partition coefficient (Wildman–Crippen LogP) is 3.06. The second-order valence-electron chi connectivity index (χ2n) is 6.92. The predicted molar refractivity (Wildman–Crippen MR) is 111 cm³/mol. The van der Waals surface area contributed by atoms with Gasteiger partial charge in [-0.2, -0.15) is 0 Å². The highest BCUT2D eigenvalue weighted by Gasteiger charge is 2.34. The molecular formula is C20H15BrFN5O3. The molecule has 1 aliphatic heterocycles. The smallest absolute Gasteiger partial charge is 0.316 e. The van der Waals surface area contributed by atoms with Gasteiger partial charge in [0.05, 0.1) is 11.3 Å². The lowest BCUT2D eigenvalue weighted by Gasteiger charge is -2.10. The number of amides is 1. The number of hydrogen-bond acceptors (Lipinski definition) is 6. The summed E-state index contributed by atoms with van der Waals surface area (Å²) in [6, 6.07) is 11.1. The molecule has 2 aromatic carbocycles. The number of β-amino-alcohol motifs (C(OH)–C–C–N with tert-alkyl or cyclic N) is 1. The molecule has 0 radical (unpaired) electrons. The molecule has 2 aromatic heterocycles. The summed E-state index contributed by atoms with van der Waals surface area (Å²) in [5.74, 6) is -0.596. The second-order valence-corrected chi connectivity index (χ2v) is 7.83. The van der Waals surface area contributed by atoms with Gasteiger partial charge in [0.2, 0.25) is 5.91 Å². The van der Waals surface area contributed by atoms with Gasteiger partial charge >= 0.3 is 6.01 Å². The summed E-state index contributed by atoms with van der Waals surface area (Å²) in [5.41, 5.74) is 2.80. The van der Waals surface area contributed by atoms with E-state index in [0.717, 1.165) is 10.0 Å². The van der Waals surface area contributed by atoms with E-state index < -0.39 is 18.0 Å². The summed E-state index contributed by atoms with van der Waals surface area (Å²) in [6.07, 6.45) is -0.909. The molecule has 4 N–H and O–H groups in total. The number of carbonyl (C=O) groups excluding carboxylic acids is 1. The monoisotopic (exact) mass is 471 g/mol. The molecule has 10 heteroatoms. The number of halogens is 2. The van der Waals surface area contributed by atoms with Crippen molar-refractivity contribution in [1.82, 2.24) is 20.5 Å². The fourth-order valence-corrected chi connectivity index (χ4v) is 3.77. The van der Waals surface area contributed by atoms with E-state index >= 15 is 0 Å². The molecule has 30 heavy (non-hydrogen) atoms. The first-order valence-corrected chi connectivity index (χ1v) is 9.92. The maximum atomic E-state index is 14.0. The van der Waals surface area contributed by atoms with E-state index in [2.05, 4.69) is 41.7 Å². The third kappa shape index (κ3) is 3.23. The number of rotatable bonds is 4. The number of aliphatic hydroxyl groups is 1. The highest BCUT2D eigenvalue weighted by molar-refractivity contribution is 9.10. The van der Waals surface area contributed by atoms with Crippen LogP contribution in [0.4, 0.5) is 10.4 Å². The summed E-state index contributed by atoms with van der Waals surface area (Å²) in [6.45, 7) is 0.146. The number of anilines is 1. The topological polar surface area (TPSA) is 116 Å². The van der Waals surface area contributed by atoms with Crippen molar-refractivity contribution < 1.29 is 18.7 Å². The van der Waals surface area contributed by atoms with Crippen LogP contribution in [0.3, 0.4) is 0 Å². The number of aliphatic hydroxyl groups excluding tert-OH is 1. The SMILES string of the molecule is O=C1NC[C@@H](O)[C@@H]1Nc1nnc(-c2c(-c3ccc(Br)cc3)[nH]c3ccc(F)cc23)o1. The van der Waals surface area contributed by atoms with Crippen molar-refractivity contribution in [2.45, 2.75) is 12.1 Å². The van der Waals surface area contributed by atoms with E-state index in [1.54, 1.807) is 6.07 Å². The van der Waals surface area contributed by atoms with E-state index in [4.69, 9.17) is 4.42 Å². The van der Waals surface area contributed by atoms with Crippen LogP contribution >= 0.6 is 15.9 Å². The quantitative estimate of drug-likeness (QED) is 0.363. The number of nitrogens with one attached hydrogen (secondary N) is 3. The minimum atomic E-state index is -0.909. The average molecular weight is 472 g/mol. The first-order valence-electron chi connectivity index (χ1n) is 9.13. The molecule has 0 spiro atoms. The molecule has 8 nitrogen and oxygen atoms in total. The molecule has 1 saturated heterocycles. The zero-order valence-electron chi connectivity index (χ0n) is 15.3. The van der Waals surface area contributed by atoms with Crippen LogP contribution in [0.5, 0.6) is 0 Å². The van der Waals surface area contributed by atoms with Crippen molar-refractivity contribution in [2.75, 3.05) is 11.9 Å². The van der Waals surface area contributed by atoms with Gasteiger partial charge in [-0.1, -0.05) is 33.2 Å². The Hall–Kier alpha value is -3.24. The Bertz CT molecular complexity index is 1250. The number of hydrogen-bond donors (Lipinski definition) is 4. The van der Waals surface area contributed by atoms with Crippen molar-refractivity contribution in [3.63, 3.8) is 0 Å². The Morgan fingerprint density at radius 3 is 2.73 bits per heavy atom. The van der Waals surface area contributed by atoms with E-state index in [1.807, 2.05) is 24.3 Å². The molecule has 5 rings (SSSR count). The van der Waals surface area contributed by atoms with Gasteiger partial charge in [0.25, 0.3) is 5.89 Å². The lowest BCUT2D eigenvalue weighted by Crippen LogP contribution is -2.36. The van der Waals surface area contributed by atoms with Crippen LogP contribution in [0.15, 0.2) is 51.4 Å². The standard InChI is InChI=1S/C20H15BrFN5O3/c21-10-3-1-9(2-4-10)16-15(12-7-11(22)5-6-13(12)24-16)19-26-27-20(30-19)25-17-14(28)8-23-18(17)29/h1-7,14,17,24,28H,8H2,(H,23,29)(H,25,27)/t14-,17+/m1/s1. The zero-order chi connectivity index (χ0) is 20.8. The number of benzene rings is 2. The van der Waals surface area contributed by atoms with Crippen molar-refractivity contribution >= 4 is 38.8 Å². The van der Waals surface area contributed by atoms with E-state index in [0.29, 0.717) is 22.2 Å².